The number of rotatable bonds is 6. The number of fused-ring (bicyclic) bond motifs is 3. The van der Waals surface area contributed by atoms with Gasteiger partial charge in [-0.1, -0.05) is 19.9 Å². The van der Waals surface area contributed by atoms with E-state index in [0.29, 0.717) is 46.9 Å². The van der Waals surface area contributed by atoms with E-state index >= 15 is 0 Å². The third-order valence-corrected chi connectivity index (χ3v) is 9.37. The molecule has 0 saturated carbocycles. The standard InChI is InChI=1S/C37H48N6O9S/c1-21(2)33-36(48)39-18-26-27(50-5)10-9-11-28(26)52-30-16-24(12-13-29(30)51-6)35(47)38-14-7-8-15-43(32(46)17-25-20-53-23(4)40-25)19-31(45)41-34(22(3)44)37(49)42-33/h9-13,16,20-22,33-34,44H,7-8,14-15,17-19H2,1-6H3,(H,38,47)(H,39,48)(H,41,45)(H,42,49)/t22-,33-,34+/m1/s1. The number of nitrogens with zero attached hydrogens (tertiary/aromatic N) is 2. The molecule has 3 aromatic rings. The van der Waals surface area contributed by atoms with Crippen molar-refractivity contribution in [1.29, 1.82) is 0 Å². The van der Waals surface area contributed by atoms with Crippen molar-refractivity contribution in [1.82, 2.24) is 31.2 Å². The van der Waals surface area contributed by atoms with Crippen molar-refractivity contribution in [3.8, 4) is 23.0 Å². The second-order valence-corrected chi connectivity index (χ2v) is 14.0. The van der Waals surface area contributed by atoms with Gasteiger partial charge in [-0.25, -0.2) is 4.98 Å². The summed E-state index contributed by atoms with van der Waals surface area (Å²) in [7, 11) is 2.95. The molecule has 2 heterocycles. The van der Waals surface area contributed by atoms with E-state index in [1.165, 1.54) is 37.4 Å². The van der Waals surface area contributed by atoms with Crippen LogP contribution in [0.15, 0.2) is 41.8 Å². The monoisotopic (exact) mass is 752 g/mol. The van der Waals surface area contributed by atoms with Gasteiger partial charge in [0, 0.05) is 24.0 Å². The van der Waals surface area contributed by atoms with Crippen molar-refractivity contribution in [2.45, 2.75) is 71.7 Å². The zero-order valence-electron chi connectivity index (χ0n) is 30.8. The van der Waals surface area contributed by atoms with Crippen molar-refractivity contribution in [2.75, 3.05) is 33.9 Å². The lowest BCUT2D eigenvalue weighted by molar-refractivity contribution is -0.138. The molecule has 0 unspecified atom stereocenters. The van der Waals surface area contributed by atoms with Gasteiger partial charge in [0.05, 0.1) is 56.1 Å². The summed E-state index contributed by atoms with van der Waals surface area (Å²) in [6, 6.07) is 7.38. The van der Waals surface area contributed by atoms with Crippen molar-refractivity contribution in [3.05, 3.63) is 63.6 Å². The average molecular weight is 753 g/mol. The van der Waals surface area contributed by atoms with Crippen LogP contribution in [0.2, 0.25) is 0 Å². The highest BCUT2D eigenvalue weighted by molar-refractivity contribution is 7.09. The number of hydrogen-bond acceptors (Lipinski definition) is 11. The van der Waals surface area contributed by atoms with Crippen LogP contribution in [-0.2, 0) is 32.1 Å². The number of methoxy groups -OCH3 is 2. The summed E-state index contributed by atoms with van der Waals surface area (Å²) in [5.74, 6) is -1.75. The zero-order chi connectivity index (χ0) is 38.7. The van der Waals surface area contributed by atoms with E-state index < -0.39 is 48.4 Å². The fraction of sp³-hybridized carbons (Fsp3) is 0.459. The van der Waals surface area contributed by atoms with Gasteiger partial charge in [-0.15, -0.1) is 11.3 Å². The number of carbonyl (C=O) groups excluding carboxylic acids is 5. The quantitative estimate of drug-likeness (QED) is 0.250. The molecule has 3 atom stereocenters. The van der Waals surface area contributed by atoms with Crippen LogP contribution in [0.5, 0.6) is 23.0 Å². The van der Waals surface area contributed by atoms with Gasteiger partial charge >= 0.3 is 0 Å². The molecule has 5 amide bonds. The van der Waals surface area contributed by atoms with Crippen LogP contribution in [0.4, 0.5) is 0 Å². The first-order valence-corrected chi connectivity index (χ1v) is 18.2. The molecule has 4 rings (SSSR count). The Balaban J connectivity index is 1.66. The molecular weight excluding hydrogens is 705 g/mol. The summed E-state index contributed by atoms with van der Waals surface area (Å²) in [6.45, 7) is 6.65. The smallest absolute Gasteiger partial charge is 0.251 e. The average Bonchev–Trinajstić information content (AvgIpc) is 3.54. The summed E-state index contributed by atoms with van der Waals surface area (Å²) < 4.78 is 17.4. The molecule has 2 aromatic carbocycles. The van der Waals surface area contributed by atoms with Crippen LogP contribution >= 0.6 is 11.3 Å². The van der Waals surface area contributed by atoms with E-state index in [1.54, 1.807) is 55.6 Å². The lowest BCUT2D eigenvalue weighted by Gasteiger charge is -2.28. The molecule has 16 heteroatoms. The first-order chi connectivity index (χ1) is 25.3. The Kier molecular flexibility index (Phi) is 14.6. The number of thiazole rings is 1. The van der Waals surface area contributed by atoms with Gasteiger partial charge < -0.3 is 45.5 Å². The molecule has 0 spiro atoms. The van der Waals surface area contributed by atoms with E-state index in [4.69, 9.17) is 14.2 Å². The Morgan fingerprint density at radius 1 is 0.981 bits per heavy atom. The minimum absolute atomic E-state index is 0.0303. The maximum absolute atomic E-state index is 13.6. The minimum Gasteiger partial charge on any atom is -0.496 e. The number of ether oxygens (including phenoxy) is 3. The van der Waals surface area contributed by atoms with Crippen LogP contribution in [0.1, 0.15) is 60.2 Å². The molecular formula is C37H48N6O9S. The Hall–Kier alpha value is -5.22. The number of aliphatic hydroxyl groups is 1. The van der Waals surface area contributed by atoms with Crippen LogP contribution in [0, 0.1) is 12.8 Å². The number of aliphatic hydroxyl groups excluding tert-OH is 1. The van der Waals surface area contributed by atoms with Crippen LogP contribution in [0.25, 0.3) is 0 Å². The molecule has 0 aliphatic carbocycles. The van der Waals surface area contributed by atoms with E-state index in [-0.39, 0.29) is 43.6 Å². The normalized spacial score (nSPS) is 18.8. The molecule has 286 valence electrons. The predicted molar refractivity (Wildman–Crippen MR) is 197 cm³/mol. The van der Waals surface area contributed by atoms with Gasteiger partial charge in [0.15, 0.2) is 11.5 Å². The first kappa shape index (κ1) is 40.5. The summed E-state index contributed by atoms with van der Waals surface area (Å²) in [6.07, 6.45) is -0.442. The molecule has 5 N–H and O–H groups in total. The highest BCUT2D eigenvalue weighted by atomic mass is 32.1. The molecule has 1 aromatic heterocycles. The van der Waals surface area contributed by atoms with Gasteiger partial charge in [0.2, 0.25) is 23.6 Å². The third-order valence-electron chi connectivity index (χ3n) is 8.55. The lowest BCUT2D eigenvalue weighted by atomic mass is 10.0. The maximum atomic E-state index is 13.6. The number of hydrogen-bond donors (Lipinski definition) is 5. The fourth-order valence-electron chi connectivity index (χ4n) is 5.66. The Morgan fingerprint density at radius 3 is 2.40 bits per heavy atom. The molecule has 1 aliphatic rings. The molecule has 1 aliphatic heterocycles. The number of amides is 5. The van der Waals surface area contributed by atoms with Gasteiger partial charge in [-0.3, -0.25) is 24.0 Å². The molecule has 0 radical (unpaired) electrons. The van der Waals surface area contributed by atoms with Gasteiger partial charge in [0.25, 0.3) is 5.91 Å². The summed E-state index contributed by atoms with van der Waals surface area (Å²) in [4.78, 5) is 72.8. The molecule has 15 nitrogen and oxygen atoms in total. The second kappa shape index (κ2) is 19.0. The van der Waals surface area contributed by atoms with E-state index in [1.807, 2.05) is 6.92 Å². The van der Waals surface area contributed by atoms with Gasteiger partial charge in [-0.05, 0) is 62.9 Å². The SMILES string of the molecule is COc1ccc2cc1Oc1cccc(OC)c1CNC(=O)[C@@H](C(C)C)NC(=O)[C@H]([C@@H](C)O)NC(=O)CN(C(=O)Cc1csc(C)n1)CCCCNC2=O. The highest BCUT2D eigenvalue weighted by Gasteiger charge is 2.32. The molecule has 0 fully saturated rings. The number of aromatic nitrogens is 1. The van der Waals surface area contributed by atoms with Crippen molar-refractivity contribution < 1.29 is 43.3 Å². The maximum Gasteiger partial charge on any atom is 0.251 e. The predicted octanol–water partition coefficient (Wildman–Crippen LogP) is 2.48. The van der Waals surface area contributed by atoms with Gasteiger partial charge in [-0.2, -0.15) is 0 Å². The number of aryl methyl sites for hydroxylation is 1. The number of benzene rings is 2. The Bertz CT molecular complexity index is 1780. The van der Waals surface area contributed by atoms with E-state index in [0.717, 1.165) is 5.01 Å². The number of nitrogens with one attached hydrogen (secondary N) is 4. The number of carbonyl (C=O) groups is 5. The summed E-state index contributed by atoms with van der Waals surface area (Å²) in [5, 5.41) is 24.1. The van der Waals surface area contributed by atoms with E-state index in [2.05, 4.69) is 26.3 Å². The summed E-state index contributed by atoms with van der Waals surface area (Å²) in [5.41, 5.74) is 1.36. The lowest BCUT2D eigenvalue weighted by Crippen LogP contribution is -2.59. The topological polar surface area (TPSA) is 198 Å². The van der Waals surface area contributed by atoms with E-state index in [9.17, 15) is 29.1 Å². The fourth-order valence-corrected chi connectivity index (χ4v) is 6.28. The highest BCUT2D eigenvalue weighted by Crippen LogP contribution is 2.37. The van der Waals surface area contributed by atoms with Gasteiger partial charge in [0.1, 0.15) is 23.6 Å². The second-order valence-electron chi connectivity index (χ2n) is 13.0. The third kappa shape index (κ3) is 11.1. The van der Waals surface area contributed by atoms with Crippen LogP contribution in [-0.4, -0.2) is 96.6 Å². The van der Waals surface area contributed by atoms with Crippen LogP contribution in [0.3, 0.4) is 0 Å². The largest absolute Gasteiger partial charge is 0.496 e. The summed E-state index contributed by atoms with van der Waals surface area (Å²) >= 11 is 1.41. The molecule has 0 saturated heterocycles. The molecule has 53 heavy (non-hydrogen) atoms. The van der Waals surface area contributed by atoms with Crippen molar-refractivity contribution in [2.24, 2.45) is 5.92 Å². The Labute approximate surface area is 312 Å². The first-order valence-electron chi connectivity index (χ1n) is 17.4. The van der Waals surface area contributed by atoms with Crippen molar-refractivity contribution in [3.63, 3.8) is 0 Å². The Morgan fingerprint density at radius 2 is 1.74 bits per heavy atom. The minimum atomic E-state index is -1.43. The van der Waals surface area contributed by atoms with Crippen LogP contribution < -0.4 is 35.5 Å². The molecule has 2 bridgehead atoms. The zero-order valence-corrected chi connectivity index (χ0v) is 31.6. The van der Waals surface area contributed by atoms with Crippen molar-refractivity contribution >= 4 is 40.9 Å².